The molecule has 3 nitrogen and oxygen atoms in total. The van der Waals surface area contributed by atoms with Gasteiger partial charge in [0.05, 0.1) is 0 Å². The van der Waals surface area contributed by atoms with Crippen molar-refractivity contribution in [3.63, 3.8) is 0 Å². The molecular weight excluding hydrogens is 284 g/mol. The number of nitrogens with one attached hydrogen (secondary N) is 1. The molecule has 0 unspecified atom stereocenters. The number of fused-ring (bicyclic) bond motifs is 4. The molecule has 0 saturated heterocycles. The van der Waals surface area contributed by atoms with Crippen molar-refractivity contribution in [1.82, 2.24) is 5.32 Å². The Morgan fingerprint density at radius 3 is 2.57 bits per heavy atom. The summed E-state index contributed by atoms with van der Waals surface area (Å²) in [5.41, 5.74) is 5.09. The van der Waals surface area contributed by atoms with Gasteiger partial charge in [-0.05, 0) is 42.7 Å². The minimum absolute atomic E-state index is 0.0177. The van der Waals surface area contributed by atoms with Crippen molar-refractivity contribution in [3.05, 3.63) is 64.7 Å². The summed E-state index contributed by atoms with van der Waals surface area (Å²) in [6.07, 6.45) is 0. The molecule has 0 aromatic heterocycles. The Hall–Kier alpha value is -2.29. The quantitative estimate of drug-likeness (QED) is 0.804. The highest BCUT2D eigenvalue weighted by molar-refractivity contribution is 5.98. The largest absolute Gasteiger partial charge is 0.343 e. The zero-order valence-electron chi connectivity index (χ0n) is 14.1. The van der Waals surface area contributed by atoms with E-state index in [0.29, 0.717) is 0 Å². The first-order valence-corrected chi connectivity index (χ1v) is 8.14. The van der Waals surface area contributed by atoms with Crippen LogP contribution in [0.5, 0.6) is 0 Å². The number of amides is 1. The average Bonchev–Trinajstić information content (AvgIpc) is 2.60. The molecule has 23 heavy (non-hydrogen) atoms. The summed E-state index contributed by atoms with van der Waals surface area (Å²) in [6, 6.07) is 14.4. The lowest BCUT2D eigenvalue weighted by atomic mass is 9.75. The van der Waals surface area contributed by atoms with E-state index in [1.807, 2.05) is 18.2 Å². The summed E-state index contributed by atoms with van der Waals surface area (Å²) in [6.45, 7) is 9.51. The van der Waals surface area contributed by atoms with Crippen LogP contribution in [0.3, 0.4) is 0 Å². The third kappa shape index (κ3) is 1.68. The lowest BCUT2D eigenvalue weighted by Crippen LogP contribution is -2.63. The topological polar surface area (TPSA) is 32.3 Å². The van der Waals surface area contributed by atoms with Crippen LogP contribution in [-0.2, 0) is 12.0 Å². The second-order valence-electron chi connectivity index (χ2n) is 7.36. The Kier molecular flexibility index (Phi) is 2.72. The highest BCUT2D eigenvalue weighted by atomic mass is 16.2. The van der Waals surface area contributed by atoms with Crippen molar-refractivity contribution in [2.24, 2.45) is 0 Å². The van der Waals surface area contributed by atoms with E-state index in [4.69, 9.17) is 0 Å². The van der Waals surface area contributed by atoms with Gasteiger partial charge in [0.1, 0.15) is 5.66 Å². The van der Waals surface area contributed by atoms with Gasteiger partial charge in [0.15, 0.2) is 0 Å². The predicted octanol–water partition coefficient (Wildman–Crippen LogP) is 3.75. The second kappa shape index (κ2) is 4.38. The predicted molar refractivity (Wildman–Crippen MR) is 92.7 cm³/mol. The van der Waals surface area contributed by atoms with Crippen molar-refractivity contribution < 1.29 is 4.79 Å². The molecule has 2 aromatic rings. The minimum Gasteiger partial charge on any atom is -0.343 e. The number of benzene rings is 2. The van der Waals surface area contributed by atoms with Gasteiger partial charge in [-0.1, -0.05) is 44.2 Å². The van der Waals surface area contributed by atoms with Gasteiger partial charge in [0.25, 0.3) is 5.91 Å². The summed E-state index contributed by atoms with van der Waals surface area (Å²) in [4.78, 5) is 15.2. The van der Waals surface area contributed by atoms with Crippen LogP contribution < -0.4 is 10.2 Å². The third-order valence-electron chi connectivity index (χ3n) is 5.87. The first-order chi connectivity index (χ1) is 10.9. The summed E-state index contributed by atoms with van der Waals surface area (Å²) in [7, 11) is 0. The van der Waals surface area contributed by atoms with Crippen LogP contribution in [0.2, 0.25) is 0 Å². The number of hydrogen-bond donors (Lipinski definition) is 1. The van der Waals surface area contributed by atoms with Gasteiger partial charge in [-0.15, -0.1) is 0 Å². The van der Waals surface area contributed by atoms with Gasteiger partial charge in [0.2, 0.25) is 0 Å². The van der Waals surface area contributed by atoms with Crippen molar-refractivity contribution in [2.75, 3.05) is 4.90 Å². The van der Waals surface area contributed by atoms with Crippen molar-refractivity contribution >= 4 is 11.6 Å². The van der Waals surface area contributed by atoms with Crippen LogP contribution in [0, 0.1) is 6.92 Å². The Bertz CT molecular complexity index is 824. The Morgan fingerprint density at radius 1 is 1.04 bits per heavy atom. The molecule has 0 bridgehead atoms. The van der Waals surface area contributed by atoms with Crippen LogP contribution in [0.1, 0.15) is 47.8 Å². The fourth-order valence-electron chi connectivity index (χ4n) is 4.32. The van der Waals surface area contributed by atoms with Gasteiger partial charge >= 0.3 is 0 Å². The summed E-state index contributed by atoms with van der Waals surface area (Å²) in [5, 5.41) is 3.32. The van der Waals surface area contributed by atoms with Crippen molar-refractivity contribution in [1.29, 1.82) is 0 Å². The number of carbonyl (C=O) groups is 1. The molecule has 118 valence electrons. The monoisotopic (exact) mass is 306 g/mol. The first kappa shape index (κ1) is 14.3. The second-order valence-corrected chi connectivity index (χ2v) is 7.36. The van der Waals surface area contributed by atoms with Crippen LogP contribution in [0.4, 0.5) is 5.69 Å². The van der Waals surface area contributed by atoms with E-state index < -0.39 is 5.66 Å². The van der Waals surface area contributed by atoms with Crippen molar-refractivity contribution in [3.8, 4) is 0 Å². The number of nitrogens with zero attached hydrogens (tertiary/aromatic N) is 1. The maximum absolute atomic E-state index is 12.8. The van der Waals surface area contributed by atoms with Gasteiger partial charge in [-0.3, -0.25) is 4.79 Å². The number of hydrogen-bond acceptors (Lipinski definition) is 2. The Labute approximate surface area is 137 Å². The van der Waals surface area contributed by atoms with E-state index in [0.717, 1.165) is 17.7 Å². The molecule has 2 aromatic carbocycles. The van der Waals surface area contributed by atoms with Crippen LogP contribution in [0.15, 0.2) is 42.5 Å². The van der Waals surface area contributed by atoms with E-state index in [9.17, 15) is 4.79 Å². The smallest absolute Gasteiger partial charge is 0.253 e. The Balaban J connectivity index is 1.98. The third-order valence-corrected chi connectivity index (χ3v) is 5.87. The highest BCUT2D eigenvalue weighted by Gasteiger charge is 2.56. The molecule has 3 heteroatoms. The molecule has 1 amide bonds. The van der Waals surface area contributed by atoms with Gasteiger partial charge in [-0.25, -0.2) is 0 Å². The molecule has 0 aliphatic carbocycles. The molecule has 4 rings (SSSR count). The zero-order valence-corrected chi connectivity index (χ0v) is 14.1. The van der Waals surface area contributed by atoms with Crippen LogP contribution in [-0.4, -0.2) is 11.6 Å². The molecule has 2 aliphatic rings. The fourth-order valence-corrected chi connectivity index (χ4v) is 4.32. The van der Waals surface area contributed by atoms with Crippen LogP contribution in [0.25, 0.3) is 0 Å². The molecule has 0 saturated carbocycles. The summed E-state index contributed by atoms with van der Waals surface area (Å²) < 4.78 is 0. The first-order valence-electron chi connectivity index (χ1n) is 8.14. The molecule has 1 N–H and O–H groups in total. The number of anilines is 1. The lowest BCUT2D eigenvalue weighted by Gasteiger charge is -2.44. The molecule has 2 heterocycles. The zero-order chi connectivity index (χ0) is 16.4. The number of rotatable bonds is 0. The average molecular weight is 306 g/mol. The molecule has 0 spiro atoms. The minimum atomic E-state index is -0.447. The normalized spacial score (nSPS) is 24.3. The fraction of sp³-hybridized carbons (Fsp3) is 0.350. The van der Waals surface area contributed by atoms with Crippen molar-refractivity contribution in [2.45, 2.75) is 45.3 Å². The number of aryl methyl sites for hydroxylation is 1. The summed E-state index contributed by atoms with van der Waals surface area (Å²) in [5.74, 6) is 0.0177. The molecule has 1 atom stereocenters. The van der Waals surface area contributed by atoms with Crippen LogP contribution >= 0.6 is 0 Å². The SMILES string of the molecule is Cc1cccc2c1C(C)(C)[C@]1(C)NC(=O)c3ccccc3CN21. The molecule has 2 aliphatic heterocycles. The lowest BCUT2D eigenvalue weighted by molar-refractivity contribution is 0.0872. The number of carbonyl (C=O) groups excluding carboxylic acids is 1. The van der Waals surface area contributed by atoms with Gasteiger partial charge < -0.3 is 10.2 Å². The van der Waals surface area contributed by atoms with Gasteiger partial charge in [0, 0.05) is 23.2 Å². The van der Waals surface area contributed by atoms with E-state index in [1.54, 1.807) is 0 Å². The maximum Gasteiger partial charge on any atom is 0.253 e. The van der Waals surface area contributed by atoms with E-state index in [-0.39, 0.29) is 11.3 Å². The molecule has 0 radical (unpaired) electrons. The Morgan fingerprint density at radius 2 is 1.78 bits per heavy atom. The molecular formula is C20H22N2O. The molecule has 0 fully saturated rings. The summed E-state index contributed by atoms with van der Waals surface area (Å²) >= 11 is 0. The maximum atomic E-state index is 12.8. The van der Waals surface area contributed by atoms with E-state index in [2.05, 4.69) is 62.2 Å². The van der Waals surface area contributed by atoms with Gasteiger partial charge in [-0.2, -0.15) is 0 Å². The highest BCUT2D eigenvalue weighted by Crippen LogP contribution is 2.52. The standard InChI is InChI=1S/C20H22N2O/c1-13-8-7-11-16-17(13)19(2,3)20(4)21-18(23)15-10-6-5-9-14(15)12-22(16)20/h5-11H,12H2,1-4H3,(H,21,23)/t20-/m1/s1. The van der Waals surface area contributed by atoms with E-state index in [1.165, 1.54) is 16.8 Å². The van der Waals surface area contributed by atoms with E-state index >= 15 is 0 Å².